The summed E-state index contributed by atoms with van der Waals surface area (Å²) in [6.45, 7) is 0. The normalized spacial score (nSPS) is 12.0. The zero-order valence-corrected chi connectivity index (χ0v) is 12.6. The Balaban J connectivity index is 2.56. The van der Waals surface area contributed by atoms with Crippen LogP contribution in [0.3, 0.4) is 0 Å². The van der Waals surface area contributed by atoms with Crippen LogP contribution in [0, 0.1) is 5.82 Å². The van der Waals surface area contributed by atoms with Gasteiger partial charge in [-0.15, -0.1) is 0 Å². The minimum Gasteiger partial charge on any atom is -0.480 e. The monoisotopic (exact) mass is 311 g/mol. The fourth-order valence-electron chi connectivity index (χ4n) is 2.02. The number of hydrogen-bond acceptors (Lipinski definition) is 5. The van der Waals surface area contributed by atoms with Gasteiger partial charge in [0.15, 0.2) is 0 Å². The van der Waals surface area contributed by atoms with Crippen molar-refractivity contribution in [1.82, 2.24) is 15.3 Å². The molecule has 0 spiro atoms. The van der Waals surface area contributed by atoms with Gasteiger partial charge in [0.2, 0.25) is 11.8 Å². The standard InChI is InChI=1S/C14H15ClFN3O2/c1-17-12(11-8(15)5-4-6-9(11)16)13-14(21-3)19-10(20-2)7-18-13/h4-7,12,17H,1-3H3. The first kappa shape index (κ1) is 15.5. The van der Waals surface area contributed by atoms with Crippen LogP contribution in [-0.4, -0.2) is 31.2 Å². The highest BCUT2D eigenvalue weighted by atomic mass is 35.5. The molecule has 0 radical (unpaired) electrons. The van der Waals surface area contributed by atoms with E-state index in [2.05, 4.69) is 15.3 Å². The van der Waals surface area contributed by atoms with E-state index in [1.807, 2.05) is 0 Å². The largest absolute Gasteiger partial charge is 0.480 e. The summed E-state index contributed by atoms with van der Waals surface area (Å²) in [5.41, 5.74) is 0.715. The van der Waals surface area contributed by atoms with Crippen LogP contribution in [0.2, 0.25) is 5.02 Å². The molecule has 7 heteroatoms. The lowest BCUT2D eigenvalue weighted by Crippen LogP contribution is -2.22. The molecule has 0 amide bonds. The molecule has 5 nitrogen and oxygen atoms in total. The van der Waals surface area contributed by atoms with Gasteiger partial charge in [-0.2, -0.15) is 4.98 Å². The maximum atomic E-state index is 14.1. The van der Waals surface area contributed by atoms with Gasteiger partial charge in [-0.05, 0) is 19.2 Å². The Labute approximate surface area is 127 Å². The van der Waals surface area contributed by atoms with Crippen LogP contribution < -0.4 is 14.8 Å². The molecule has 2 aromatic rings. The molecule has 0 fully saturated rings. The number of rotatable bonds is 5. The summed E-state index contributed by atoms with van der Waals surface area (Å²) in [4.78, 5) is 8.40. The zero-order chi connectivity index (χ0) is 15.4. The fraction of sp³-hybridized carbons (Fsp3) is 0.286. The Morgan fingerprint density at radius 3 is 2.62 bits per heavy atom. The summed E-state index contributed by atoms with van der Waals surface area (Å²) in [6, 6.07) is 3.92. The average Bonchev–Trinajstić information content (AvgIpc) is 2.50. The molecule has 0 aliphatic heterocycles. The molecule has 112 valence electrons. The highest BCUT2D eigenvalue weighted by molar-refractivity contribution is 6.31. The van der Waals surface area contributed by atoms with E-state index in [0.717, 1.165) is 0 Å². The van der Waals surface area contributed by atoms with Crippen LogP contribution in [0.4, 0.5) is 4.39 Å². The van der Waals surface area contributed by atoms with Crippen molar-refractivity contribution in [2.45, 2.75) is 6.04 Å². The molecule has 0 aliphatic carbocycles. The lowest BCUT2D eigenvalue weighted by Gasteiger charge is -2.20. The van der Waals surface area contributed by atoms with Gasteiger partial charge in [0.25, 0.3) is 0 Å². The van der Waals surface area contributed by atoms with Crippen LogP contribution in [0.15, 0.2) is 24.4 Å². The second-order valence-corrected chi connectivity index (χ2v) is 4.57. The molecule has 1 N–H and O–H groups in total. The van der Waals surface area contributed by atoms with Crippen molar-refractivity contribution < 1.29 is 13.9 Å². The van der Waals surface area contributed by atoms with E-state index in [1.54, 1.807) is 19.2 Å². The first-order valence-electron chi connectivity index (χ1n) is 6.18. The first-order chi connectivity index (χ1) is 10.1. The number of aromatic nitrogens is 2. The third-order valence-electron chi connectivity index (χ3n) is 3.00. The van der Waals surface area contributed by atoms with Gasteiger partial charge >= 0.3 is 0 Å². The van der Waals surface area contributed by atoms with E-state index in [0.29, 0.717) is 22.2 Å². The molecule has 2 rings (SSSR count). The highest BCUT2D eigenvalue weighted by Crippen LogP contribution is 2.33. The molecule has 1 aromatic heterocycles. The van der Waals surface area contributed by atoms with Crippen LogP contribution in [-0.2, 0) is 0 Å². The van der Waals surface area contributed by atoms with E-state index in [9.17, 15) is 4.39 Å². The van der Waals surface area contributed by atoms with Crippen molar-refractivity contribution >= 4 is 11.6 Å². The van der Waals surface area contributed by atoms with E-state index in [4.69, 9.17) is 21.1 Å². The summed E-state index contributed by atoms with van der Waals surface area (Å²) in [5.74, 6) is 0.125. The SMILES string of the molecule is CNC(c1ncc(OC)nc1OC)c1c(F)cccc1Cl. The summed E-state index contributed by atoms with van der Waals surface area (Å²) >= 11 is 6.11. The van der Waals surface area contributed by atoms with Gasteiger partial charge in [0.05, 0.1) is 26.5 Å². The van der Waals surface area contributed by atoms with E-state index < -0.39 is 11.9 Å². The summed E-state index contributed by atoms with van der Waals surface area (Å²) in [6.07, 6.45) is 1.44. The molecular weight excluding hydrogens is 297 g/mol. The van der Waals surface area contributed by atoms with E-state index in [-0.39, 0.29) is 5.88 Å². The van der Waals surface area contributed by atoms with E-state index >= 15 is 0 Å². The second-order valence-electron chi connectivity index (χ2n) is 4.16. The number of nitrogens with zero attached hydrogens (tertiary/aromatic N) is 2. The Hall–Kier alpha value is -1.92. The number of hydrogen-bond donors (Lipinski definition) is 1. The molecule has 1 heterocycles. The van der Waals surface area contributed by atoms with Gasteiger partial charge in [0.1, 0.15) is 11.5 Å². The van der Waals surface area contributed by atoms with Crippen molar-refractivity contribution in [3.05, 3.63) is 46.5 Å². The zero-order valence-electron chi connectivity index (χ0n) is 11.9. The van der Waals surface area contributed by atoms with E-state index in [1.165, 1.54) is 26.5 Å². The molecule has 1 aromatic carbocycles. The Kier molecular flexibility index (Phi) is 4.93. The fourth-order valence-corrected chi connectivity index (χ4v) is 2.29. The van der Waals surface area contributed by atoms with Crippen molar-refractivity contribution in [3.63, 3.8) is 0 Å². The molecular formula is C14H15ClFN3O2. The average molecular weight is 312 g/mol. The van der Waals surface area contributed by atoms with Gasteiger partial charge in [-0.25, -0.2) is 9.37 Å². The third-order valence-corrected chi connectivity index (χ3v) is 3.33. The molecule has 1 atom stereocenters. The molecule has 0 aliphatic rings. The topological polar surface area (TPSA) is 56.3 Å². The molecule has 0 saturated heterocycles. The maximum absolute atomic E-state index is 14.1. The van der Waals surface area contributed by atoms with Crippen molar-refractivity contribution in [1.29, 1.82) is 0 Å². The maximum Gasteiger partial charge on any atom is 0.240 e. The number of ether oxygens (including phenoxy) is 2. The van der Waals surface area contributed by atoms with Crippen molar-refractivity contribution in [2.24, 2.45) is 0 Å². The summed E-state index contributed by atoms with van der Waals surface area (Å²) < 4.78 is 24.3. The Morgan fingerprint density at radius 2 is 2.05 bits per heavy atom. The van der Waals surface area contributed by atoms with Crippen LogP contribution >= 0.6 is 11.6 Å². The smallest absolute Gasteiger partial charge is 0.240 e. The quantitative estimate of drug-likeness (QED) is 0.920. The van der Waals surface area contributed by atoms with Crippen LogP contribution in [0.25, 0.3) is 0 Å². The Morgan fingerprint density at radius 1 is 1.29 bits per heavy atom. The lowest BCUT2D eigenvalue weighted by molar-refractivity contribution is 0.353. The third kappa shape index (κ3) is 3.06. The van der Waals surface area contributed by atoms with Gasteiger partial charge in [-0.1, -0.05) is 17.7 Å². The predicted octanol–water partition coefficient (Wildman–Crippen LogP) is 2.60. The second kappa shape index (κ2) is 6.69. The number of nitrogens with one attached hydrogen (secondary N) is 1. The minimum absolute atomic E-state index is 0.244. The van der Waals surface area contributed by atoms with Gasteiger partial charge in [-0.3, -0.25) is 0 Å². The lowest BCUT2D eigenvalue weighted by atomic mass is 10.0. The minimum atomic E-state index is -0.591. The van der Waals surface area contributed by atoms with Crippen molar-refractivity contribution in [3.8, 4) is 11.8 Å². The molecule has 1 unspecified atom stereocenters. The predicted molar refractivity (Wildman–Crippen MR) is 77.4 cm³/mol. The van der Waals surface area contributed by atoms with Crippen LogP contribution in [0.1, 0.15) is 17.3 Å². The van der Waals surface area contributed by atoms with Crippen molar-refractivity contribution in [2.75, 3.05) is 21.3 Å². The Bertz CT molecular complexity index is 619. The van der Waals surface area contributed by atoms with Gasteiger partial charge < -0.3 is 14.8 Å². The number of halogens is 2. The highest BCUT2D eigenvalue weighted by Gasteiger charge is 2.25. The molecule has 21 heavy (non-hydrogen) atoms. The van der Waals surface area contributed by atoms with Gasteiger partial charge in [0, 0.05) is 10.6 Å². The summed E-state index contributed by atoms with van der Waals surface area (Å²) in [7, 11) is 4.62. The molecule has 0 saturated carbocycles. The first-order valence-corrected chi connectivity index (χ1v) is 6.56. The molecule has 0 bridgehead atoms. The number of methoxy groups -OCH3 is 2. The summed E-state index contributed by atoms with van der Waals surface area (Å²) in [5, 5.41) is 3.28. The van der Waals surface area contributed by atoms with Crippen LogP contribution in [0.5, 0.6) is 11.8 Å². The number of benzene rings is 1.